The van der Waals surface area contributed by atoms with Crippen molar-refractivity contribution in [3.05, 3.63) is 59.9 Å². The van der Waals surface area contributed by atoms with Crippen molar-refractivity contribution in [3.8, 4) is 23.0 Å². The van der Waals surface area contributed by atoms with Crippen molar-refractivity contribution in [2.24, 2.45) is 5.92 Å². The third-order valence-corrected chi connectivity index (χ3v) is 3.24. The van der Waals surface area contributed by atoms with Crippen molar-refractivity contribution in [2.75, 3.05) is 0 Å². The zero-order chi connectivity index (χ0) is 14.5. The molecule has 1 N–H and O–H groups in total. The summed E-state index contributed by atoms with van der Waals surface area (Å²) in [5.74, 6) is 5.71. The molecule has 1 nitrogen and oxygen atoms in total. The molecule has 2 aromatic carbocycles. The van der Waals surface area contributed by atoms with Gasteiger partial charge in [0.25, 0.3) is 0 Å². The fraction of sp³-hybridized carbons (Fsp3) is 0.222. The fourth-order valence-electron chi connectivity index (χ4n) is 1.75. The number of halogens is 1. The van der Waals surface area contributed by atoms with Gasteiger partial charge in [-0.3, -0.25) is 0 Å². The van der Waals surface area contributed by atoms with Gasteiger partial charge in [-0.2, -0.15) is 0 Å². The predicted molar refractivity (Wildman–Crippen MR) is 79.6 cm³/mol. The monoisotopic (exact) mass is 268 g/mol. The molecule has 0 spiro atoms. The standard InChI is InChI=1S/C18H17FO/c1-13(14(2)20)7-8-15-9-11-16(12-10-15)17-5-3-4-6-18(17)19/h3-6,9-14,20H,1-2H3. The Morgan fingerprint density at radius 3 is 2.25 bits per heavy atom. The van der Waals surface area contributed by atoms with E-state index in [2.05, 4.69) is 11.8 Å². The van der Waals surface area contributed by atoms with Gasteiger partial charge in [0.2, 0.25) is 0 Å². The van der Waals surface area contributed by atoms with Gasteiger partial charge in [0.15, 0.2) is 0 Å². The molecule has 2 aromatic rings. The molecule has 0 amide bonds. The van der Waals surface area contributed by atoms with Crippen LogP contribution in [0.2, 0.25) is 0 Å². The van der Waals surface area contributed by atoms with E-state index in [1.165, 1.54) is 6.07 Å². The van der Waals surface area contributed by atoms with Crippen molar-refractivity contribution in [2.45, 2.75) is 20.0 Å². The minimum absolute atomic E-state index is 0.0683. The molecule has 0 aliphatic carbocycles. The number of rotatable bonds is 2. The van der Waals surface area contributed by atoms with Gasteiger partial charge < -0.3 is 5.11 Å². The number of benzene rings is 2. The first-order chi connectivity index (χ1) is 9.58. The lowest BCUT2D eigenvalue weighted by Crippen LogP contribution is -2.10. The molecule has 0 saturated carbocycles. The molecule has 102 valence electrons. The third-order valence-electron chi connectivity index (χ3n) is 3.24. The normalized spacial score (nSPS) is 13.2. The molecule has 20 heavy (non-hydrogen) atoms. The molecule has 0 heterocycles. The van der Waals surface area contributed by atoms with E-state index in [9.17, 15) is 9.50 Å². The van der Waals surface area contributed by atoms with Crippen molar-refractivity contribution in [1.29, 1.82) is 0 Å². The summed E-state index contributed by atoms with van der Waals surface area (Å²) in [6.07, 6.45) is -0.444. The summed E-state index contributed by atoms with van der Waals surface area (Å²) < 4.78 is 13.7. The average Bonchev–Trinajstić information content (AvgIpc) is 2.46. The second kappa shape index (κ2) is 6.36. The van der Waals surface area contributed by atoms with E-state index >= 15 is 0 Å². The summed E-state index contributed by atoms with van der Waals surface area (Å²) in [7, 11) is 0. The van der Waals surface area contributed by atoms with Crippen LogP contribution in [0.4, 0.5) is 4.39 Å². The number of aliphatic hydroxyl groups excluding tert-OH is 1. The van der Waals surface area contributed by atoms with Gasteiger partial charge in [0, 0.05) is 17.0 Å². The Kier molecular flexibility index (Phi) is 4.55. The first kappa shape index (κ1) is 14.3. The number of hydrogen-bond acceptors (Lipinski definition) is 1. The zero-order valence-electron chi connectivity index (χ0n) is 11.6. The molecule has 0 bridgehead atoms. The maximum absolute atomic E-state index is 13.7. The zero-order valence-corrected chi connectivity index (χ0v) is 11.6. The van der Waals surface area contributed by atoms with Crippen LogP contribution in [-0.2, 0) is 0 Å². The number of hydrogen-bond donors (Lipinski definition) is 1. The van der Waals surface area contributed by atoms with E-state index in [0.29, 0.717) is 5.56 Å². The SMILES string of the molecule is CC(O)C(C)C#Cc1ccc(-c2ccccc2F)cc1. The highest BCUT2D eigenvalue weighted by Gasteiger charge is 2.04. The van der Waals surface area contributed by atoms with Crippen molar-refractivity contribution in [3.63, 3.8) is 0 Å². The summed E-state index contributed by atoms with van der Waals surface area (Å²) in [6, 6.07) is 14.1. The Hall–Kier alpha value is -2.11. The maximum Gasteiger partial charge on any atom is 0.131 e. The molecular formula is C18H17FO. The Balaban J connectivity index is 2.21. The summed E-state index contributed by atoms with van der Waals surface area (Å²) in [5.41, 5.74) is 2.28. The van der Waals surface area contributed by atoms with E-state index in [1.54, 1.807) is 19.1 Å². The maximum atomic E-state index is 13.7. The highest BCUT2D eigenvalue weighted by molar-refractivity contribution is 5.64. The topological polar surface area (TPSA) is 20.2 Å². The Bertz CT molecular complexity index is 632. The predicted octanol–water partition coefficient (Wildman–Crippen LogP) is 3.86. The Morgan fingerprint density at radius 2 is 1.65 bits per heavy atom. The summed E-state index contributed by atoms with van der Waals surface area (Å²) in [4.78, 5) is 0. The molecule has 0 radical (unpaired) electrons. The first-order valence-electron chi connectivity index (χ1n) is 6.62. The summed E-state index contributed by atoms with van der Waals surface area (Å²) >= 11 is 0. The molecule has 0 aliphatic rings. The van der Waals surface area contributed by atoms with Crippen molar-refractivity contribution >= 4 is 0 Å². The van der Waals surface area contributed by atoms with Crippen LogP contribution >= 0.6 is 0 Å². The molecule has 0 fully saturated rings. The Morgan fingerprint density at radius 1 is 1.00 bits per heavy atom. The smallest absolute Gasteiger partial charge is 0.131 e. The third kappa shape index (κ3) is 3.46. The van der Waals surface area contributed by atoms with E-state index < -0.39 is 6.10 Å². The van der Waals surface area contributed by atoms with E-state index in [1.807, 2.05) is 37.3 Å². The quantitative estimate of drug-likeness (QED) is 0.820. The molecule has 0 saturated heterocycles. The van der Waals surface area contributed by atoms with Crippen LogP contribution in [0.15, 0.2) is 48.5 Å². The molecule has 2 atom stereocenters. The van der Waals surface area contributed by atoms with Crippen LogP contribution in [0.25, 0.3) is 11.1 Å². The largest absolute Gasteiger partial charge is 0.392 e. The molecular weight excluding hydrogens is 251 g/mol. The lowest BCUT2D eigenvalue weighted by Gasteiger charge is -2.05. The highest BCUT2D eigenvalue weighted by Crippen LogP contribution is 2.22. The molecule has 2 rings (SSSR count). The molecule has 0 aromatic heterocycles. The lowest BCUT2D eigenvalue weighted by molar-refractivity contribution is 0.161. The van der Waals surface area contributed by atoms with Gasteiger partial charge in [-0.1, -0.05) is 42.2 Å². The second-order valence-corrected chi connectivity index (χ2v) is 4.86. The summed E-state index contributed by atoms with van der Waals surface area (Å²) in [5, 5.41) is 9.38. The average molecular weight is 268 g/mol. The van der Waals surface area contributed by atoms with Crippen molar-refractivity contribution in [1.82, 2.24) is 0 Å². The fourth-order valence-corrected chi connectivity index (χ4v) is 1.75. The van der Waals surface area contributed by atoms with Crippen LogP contribution in [-0.4, -0.2) is 11.2 Å². The van der Waals surface area contributed by atoms with Crippen LogP contribution in [0.1, 0.15) is 19.4 Å². The van der Waals surface area contributed by atoms with E-state index in [-0.39, 0.29) is 11.7 Å². The van der Waals surface area contributed by atoms with Crippen LogP contribution in [0.3, 0.4) is 0 Å². The molecule has 2 unspecified atom stereocenters. The van der Waals surface area contributed by atoms with Gasteiger partial charge in [-0.05, 0) is 37.6 Å². The van der Waals surface area contributed by atoms with Crippen LogP contribution < -0.4 is 0 Å². The van der Waals surface area contributed by atoms with E-state index in [4.69, 9.17) is 0 Å². The lowest BCUT2D eigenvalue weighted by atomic mass is 10.0. The van der Waals surface area contributed by atoms with Crippen LogP contribution in [0.5, 0.6) is 0 Å². The minimum atomic E-state index is -0.444. The van der Waals surface area contributed by atoms with Gasteiger partial charge in [-0.15, -0.1) is 0 Å². The van der Waals surface area contributed by atoms with Gasteiger partial charge in [0.1, 0.15) is 5.82 Å². The van der Waals surface area contributed by atoms with Gasteiger partial charge in [-0.25, -0.2) is 4.39 Å². The first-order valence-corrected chi connectivity index (χ1v) is 6.62. The summed E-state index contributed by atoms with van der Waals surface area (Å²) in [6.45, 7) is 3.60. The van der Waals surface area contributed by atoms with Gasteiger partial charge >= 0.3 is 0 Å². The number of aliphatic hydroxyl groups is 1. The van der Waals surface area contributed by atoms with Crippen molar-refractivity contribution < 1.29 is 9.50 Å². The second-order valence-electron chi connectivity index (χ2n) is 4.86. The minimum Gasteiger partial charge on any atom is -0.392 e. The van der Waals surface area contributed by atoms with E-state index in [0.717, 1.165) is 11.1 Å². The Labute approximate surface area is 119 Å². The molecule has 0 aliphatic heterocycles. The molecule has 2 heteroatoms. The van der Waals surface area contributed by atoms with Crippen LogP contribution in [0, 0.1) is 23.6 Å². The van der Waals surface area contributed by atoms with Gasteiger partial charge in [0.05, 0.1) is 6.10 Å². The highest BCUT2D eigenvalue weighted by atomic mass is 19.1.